The highest BCUT2D eigenvalue weighted by Gasteiger charge is 1.96. The van der Waals surface area contributed by atoms with Crippen LogP contribution in [0, 0.1) is 5.92 Å². The van der Waals surface area contributed by atoms with Crippen LogP contribution in [0.1, 0.15) is 33.1 Å². The van der Waals surface area contributed by atoms with Crippen molar-refractivity contribution in [3.05, 3.63) is 24.3 Å². The van der Waals surface area contributed by atoms with Crippen molar-refractivity contribution in [1.82, 2.24) is 0 Å². The molecule has 0 spiro atoms. The van der Waals surface area contributed by atoms with E-state index in [-0.39, 0.29) is 0 Å². The lowest BCUT2D eigenvalue weighted by atomic mass is 10.0. The SMILES string of the molecule is C/C=C/CC(/C=C/CCS)CC. The second kappa shape index (κ2) is 8.92. The molecular formula is C11H20S. The van der Waals surface area contributed by atoms with Crippen LogP contribution >= 0.6 is 12.6 Å². The fraction of sp³-hybridized carbons (Fsp3) is 0.636. The molecule has 0 fully saturated rings. The Hall–Kier alpha value is -0.170. The number of thiol groups is 1. The minimum absolute atomic E-state index is 0.723. The highest BCUT2D eigenvalue weighted by atomic mass is 32.1. The minimum Gasteiger partial charge on any atom is -0.179 e. The molecule has 12 heavy (non-hydrogen) atoms. The van der Waals surface area contributed by atoms with Crippen molar-refractivity contribution in [1.29, 1.82) is 0 Å². The van der Waals surface area contributed by atoms with E-state index in [1.165, 1.54) is 12.8 Å². The molecule has 0 rings (SSSR count). The van der Waals surface area contributed by atoms with Gasteiger partial charge in [0.05, 0.1) is 0 Å². The van der Waals surface area contributed by atoms with Crippen molar-refractivity contribution < 1.29 is 0 Å². The average Bonchev–Trinajstić information content (AvgIpc) is 2.11. The Kier molecular flexibility index (Phi) is 8.80. The van der Waals surface area contributed by atoms with Crippen LogP contribution in [0.15, 0.2) is 24.3 Å². The third-order valence-corrected chi connectivity index (χ3v) is 2.16. The number of allylic oxidation sites excluding steroid dienone is 4. The quantitative estimate of drug-likeness (QED) is 0.470. The normalized spacial score (nSPS) is 14.6. The first-order valence-electron chi connectivity index (χ1n) is 4.73. The number of rotatable bonds is 6. The van der Waals surface area contributed by atoms with Crippen molar-refractivity contribution in [2.45, 2.75) is 33.1 Å². The summed E-state index contributed by atoms with van der Waals surface area (Å²) >= 11 is 4.16. The molecule has 0 aromatic heterocycles. The largest absolute Gasteiger partial charge is 0.179 e. The first kappa shape index (κ1) is 11.8. The predicted octanol–water partition coefficient (Wildman–Crippen LogP) is 3.85. The van der Waals surface area contributed by atoms with E-state index >= 15 is 0 Å². The maximum Gasteiger partial charge on any atom is -0.00633 e. The van der Waals surface area contributed by atoms with Gasteiger partial charge in [0.25, 0.3) is 0 Å². The van der Waals surface area contributed by atoms with Crippen molar-refractivity contribution in [2.24, 2.45) is 5.92 Å². The van der Waals surface area contributed by atoms with Crippen LogP contribution < -0.4 is 0 Å². The maximum atomic E-state index is 4.16. The molecule has 0 N–H and O–H groups in total. The zero-order chi connectivity index (χ0) is 9.23. The van der Waals surface area contributed by atoms with Crippen LogP contribution in [-0.2, 0) is 0 Å². The van der Waals surface area contributed by atoms with E-state index in [4.69, 9.17) is 0 Å². The Morgan fingerprint density at radius 1 is 1.33 bits per heavy atom. The van der Waals surface area contributed by atoms with Crippen molar-refractivity contribution in [2.75, 3.05) is 5.75 Å². The second-order valence-electron chi connectivity index (χ2n) is 2.91. The lowest BCUT2D eigenvalue weighted by molar-refractivity contribution is 0.636. The van der Waals surface area contributed by atoms with Gasteiger partial charge in [0.2, 0.25) is 0 Å². The van der Waals surface area contributed by atoms with Gasteiger partial charge in [-0.3, -0.25) is 0 Å². The first-order valence-corrected chi connectivity index (χ1v) is 5.37. The van der Waals surface area contributed by atoms with Crippen LogP contribution in [-0.4, -0.2) is 5.75 Å². The fourth-order valence-corrected chi connectivity index (χ4v) is 1.20. The second-order valence-corrected chi connectivity index (χ2v) is 3.36. The Bertz CT molecular complexity index is 136. The molecule has 0 aliphatic heterocycles. The van der Waals surface area contributed by atoms with Crippen LogP contribution in [0.4, 0.5) is 0 Å². The van der Waals surface area contributed by atoms with Gasteiger partial charge in [0.15, 0.2) is 0 Å². The molecule has 0 nitrogen and oxygen atoms in total. The van der Waals surface area contributed by atoms with E-state index in [2.05, 4.69) is 50.8 Å². The Morgan fingerprint density at radius 3 is 2.58 bits per heavy atom. The highest BCUT2D eigenvalue weighted by molar-refractivity contribution is 7.80. The summed E-state index contributed by atoms with van der Waals surface area (Å²) in [4.78, 5) is 0. The maximum absolute atomic E-state index is 4.16. The average molecular weight is 184 g/mol. The third-order valence-electron chi connectivity index (χ3n) is 1.90. The molecule has 1 atom stereocenters. The number of hydrogen-bond donors (Lipinski definition) is 1. The van der Waals surface area contributed by atoms with Gasteiger partial charge >= 0.3 is 0 Å². The Labute approximate surface area is 82.2 Å². The summed E-state index contributed by atoms with van der Waals surface area (Å²) < 4.78 is 0. The van der Waals surface area contributed by atoms with Crippen LogP contribution in [0.5, 0.6) is 0 Å². The molecule has 1 unspecified atom stereocenters. The summed E-state index contributed by atoms with van der Waals surface area (Å²) in [5.41, 5.74) is 0. The van der Waals surface area contributed by atoms with Gasteiger partial charge in [0, 0.05) is 0 Å². The van der Waals surface area contributed by atoms with Gasteiger partial charge < -0.3 is 0 Å². The van der Waals surface area contributed by atoms with Crippen molar-refractivity contribution in [3.63, 3.8) is 0 Å². The van der Waals surface area contributed by atoms with E-state index in [9.17, 15) is 0 Å². The molecule has 0 aromatic carbocycles. The molecule has 0 aliphatic rings. The molecule has 70 valence electrons. The van der Waals surface area contributed by atoms with Gasteiger partial charge in [-0.05, 0) is 37.9 Å². The summed E-state index contributed by atoms with van der Waals surface area (Å²) in [5.74, 6) is 1.68. The summed E-state index contributed by atoms with van der Waals surface area (Å²) in [6.07, 6.45) is 12.4. The van der Waals surface area contributed by atoms with E-state index in [1.807, 2.05) is 0 Å². The van der Waals surface area contributed by atoms with Crippen LogP contribution in [0.3, 0.4) is 0 Å². The zero-order valence-electron chi connectivity index (χ0n) is 8.16. The zero-order valence-corrected chi connectivity index (χ0v) is 9.06. The van der Waals surface area contributed by atoms with Gasteiger partial charge in [0.1, 0.15) is 0 Å². The summed E-state index contributed by atoms with van der Waals surface area (Å²) in [5, 5.41) is 0. The summed E-state index contributed by atoms with van der Waals surface area (Å²) in [6.45, 7) is 4.31. The molecule has 0 aliphatic carbocycles. The van der Waals surface area contributed by atoms with E-state index in [0.717, 1.165) is 18.1 Å². The van der Waals surface area contributed by atoms with Gasteiger partial charge in [-0.15, -0.1) is 0 Å². The molecule has 0 aromatic rings. The molecule has 1 heteroatoms. The standard InChI is InChI=1S/C11H20S/c1-3-5-8-11(4-2)9-6-7-10-12/h3,5-6,9,11-12H,4,7-8,10H2,1-2H3/b5-3+,9-6+. The summed E-state index contributed by atoms with van der Waals surface area (Å²) in [7, 11) is 0. The topological polar surface area (TPSA) is 0 Å². The van der Waals surface area contributed by atoms with Gasteiger partial charge in [-0.1, -0.05) is 31.2 Å². The van der Waals surface area contributed by atoms with Gasteiger partial charge in [-0.2, -0.15) is 12.6 Å². The molecule has 0 saturated carbocycles. The van der Waals surface area contributed by atoms with Crippen molar-refractivity contribution in [3.8, 4) is 0 Å². The molecular weight excluding hydrogens is 164 g/mol. The van der Waals surface area contributed by atoms with E-state index in [1.54, 1.807) is 0 Å². The lowest BCUT2D eigenvalue weighted by Crippen LogP contribution is -1.91. The molecule has 0 radical (unpaired) electrons. The van der Waals surface area contributed by atoms with Crippen LogP contribution in [0.25, 0.3) is 0 Å². The lowest BCUT2D eigenvalue weighted by Gasteiger charge is -2.05. The van der Waals surface area contributed by atoms with E-state index < -0.39 is 0 Å². The third kappa shape index (κ3) is 6.53. The highest BCUT2D eigenvalue weighted by Crippen LogP contribution is 2.11. The number of hydrogen-bond acceptors (Lipinski definition) is 1. The monoisotopic (exact) mass is 184 g/mol. The van der Waals surface area contributed by atoms with Crippen molar-refractivity contribution >= 4 is 12.6 Å². The van der Waals surface area contributed by atoms with Crippen LogP contribution in [0.2, 0.25) is 0 Å². The molecule has 0 heterocycles. The minimum atomic E-state index is 0.723. The Balaban J connectivity index is 3.65. The fourth-order valence-electron chi connectivity index (χ4n) is 1.06. The smallest absolute Gasteiger partial charge is 0.00633 e. The first-order chi connectivity index (χ1) is 5.85. The van der Waals surface area contributed by atoms with E-state index in [0.29, 0.717) is 0 Å². The predicted molar refractivity (Wildman–Crippen MR) is 60.8 cm³/mol. The molecule has 0 saturated heterocycles. The molecule has 0 bridgehead atoms. The molecule has 0 amide bonds. The van der Waals surface area contributed by atoms with Gasteiger partial charge in [-0.25, -0.2) is 0 Å². The Morgan fingerprint density at radius 2 is 2.08 bits per heavy atom. The summed E-state index contributed by atoms with van der Waals surface area (Å²) in [6, 6.07) is 0.